The monoisotopic (exact) mass is 276 g/mol. The van der Waals surface area contributed by atoms with Crippen LogP contribution in [0.2, 0.25) is 0 Å². The summed E-state index contributed by atoms with van der Waals surface area (Å²) >= 11 is 0. The number of anilines is 1. The standard InChI is InChI=1S/C17H28N2O/c1-4-17(20)14-8-10-15(11-9-14)18(3)13-16-7-6-12-19(16)5-2/h8-11,16-17,20H,4-7,12-13H2,1-3H3/t16?,17-/m0/s1. The molecule has 0 radical (unpaired) electrons. The van der Waals surface area contributed by atoms with Crippen LogP contribution in [0.5, 0.6) is 0 Å². The SMILES string of the molecule is CC[C@H](O)c1ccc(N(C)CC2CCCN2CC)cc1. The molecule has 0 aromatic heterocycles. The zero-order valence-corrected chi connectivity index (χ0v) is 13.0. The van der Waals surface area contributed by atoms with Gasteiger partial charge in [0.25, 0.3) is 0 Å². The maximum absolute atomic E-state index is 9.83. The molecule has 112 valence electrons. The highest BCUT2D eigenvalue weighted by molar-refractivity contribution is 5.47. The molecular formula is C17H28N2O. The van der Waals surface area contributed by atoms with Crippen molar-refractivity contribution in [1.82, 2.24) is 4.90 Å². The van der Waals surface area contributed by atoms with Crippen molar-refractivity contribution < 1.29 is 5.11 Å². The highest BCUT2D eigenvalue weighted by Gasteiger charge is 2.24. The summed E-state index contributed by atoms with van der Waals surface area (Å²) in [5.41, 5.74) is 2.25. The lowest BCUT2D eigenvalue weighted by Crippen LogP contribution is -2.38. The van der Waals surface area contributed by atoms with Crippen LogP contribution in [0.4, 0.5) is 5.69 Å². The molecule has 1 aliphatic rings. The predicted octanol–water partition coefficient (Wildman–Crippen LogP) is 3.05. The van der Waals surface area contributed by atoms with Crippen LogP contribution in [0.3, 0.4) is 0 Å². The van der Waals surface area contributed by atoms with Gasteiger partial charge in [-0.05, 0) is 50.0 Å². The summed E-state index contributed by atoms with van der Waals surface area (Å²) in [6, 6.07) is 9.03. The average Bonchev–Trinajstić information content (AvgIpc) is 2.93. The molecule has 0 aliphatic carbocycles. The molecule has 0 saturated carbocycles. The molecule has 2 atom stereocenters. The van der Waals surface area contributed by atoms with Gasteiger partial charge < -0.3 is 10.0 Å². The molecule has 3 heteroatoms. The van der Waals surface area contributed by atoms with Crippen molar-refractivity contribution in [2.75, 3.05) is 31.6 Å². The number of benzene rings is 1. The zero-order valence-electron chi connectivity index (χ0n) is 13.0. The lowest BCUT2D eigenvalue weighted by Gasteiger charge is -2.29. The second-order valence-corrected chi connectivity index (χ2v) is 5.82. The van der Waals surface area contributed by atoms with Gasteiger partial charge in [-0.3, -0.25) is 4.90 Å². The van der Waals surface area contributed by atoms with Crippen LogP contribution in [0.25, 0.3) is 0 Å². The number of likely N-dealkylation sites (tertiary alicyclic amines) is 1. The summed E-state index contributed by atoms with van der Waals surface area (Å²) in [6.45, 7) is 7.74. The second-order valence-electron chi connectivity index (χ2n) is 5.82. The van der Waals surface area contributed by atoms with Crippen LogP contribution in [-0.2, 0) is 0 Å². The first kappa shape index (κ1) is 15.3. The third-order valence-corrected chi connectivity index (χ3v) is 4.50. The van der Waals surface area contributed by atoms with Crippen LogP contribution in [0.1, 0.15) is 44.8 Å². The van der Waals surface area contributed by atoms with E-state index in [1.54, 1.807) is 0 Å². The average molecular weight is 276 g/mol. The van der Waals surface area contributed by atoms with Crippen LogP contribution >= 0.6 is 0 Å². The fourth-order valence-corrected chi connectivity index (χ4v) is 3.13. The van der Waals surface area contributed by atoms with Crippen molar-refractivity contribution in [2.45, 2.75) is 45.3 Å². The van der Waals surface area contributed by atoms with Crippen LogP contribution in [0.15, 0.2) is 24.3 Å². The molecule has 0 spiro atoms. The number of hydrogen-bond donors (Lipinski definition) is 1. The van der Waals surface area contributed by atoms with E-state index in [0.717, 1.165) is 25.1 Å². The van der Waals surface area contributed by atoms with Crippen LogP contribution in [-0.4, -0.2) is 42.7 Å². The van der Waals surface area contributed by atoms with Crippen LogP contribution in [0, 0.1) is 0 Å². The molecule has 1 saturated heterocycles. The molecule has 3 nitrogen and oxygen atoms in total. The Kier molecular flexibility index (Phi) is 5.44. The first-order valence-electron chi connectivity index (χ1n) is 7.88. The van der Waals surface area contributed by atoms with Crippen molar-refractivity contribution >= 4 is 5.69 Å². The number of likely N-dealkylation sites (N-methyl/N-ethyl adjacent to an activating group) is 2. The first-order valence-corrected chi connectivity index (χ1v) is 7.88. The molecule has 2 rings (SSSR count). The number of aliphatic hydroxyl groups is 1. The van der Waals surface area contributed by atoms with E-state index in [4.69, 9.17) is 0 Å². The molecule has 1 heterocycles. The molecule has 0 amide bonds. The van der Waals surface area contributed by atoms with E-state index in [1.165, 1.54) is 25.1 Å². The minimum atomic E-state index is -0.334. The number of aliphatic hydroxyl groups excluding tert-OH is 1. The highest BCUT2D eigenvalue weighted by Crippen LogP contribution is 2.23. The Morgan fingerprint density at radius 2 is 2.00 bits per heavy atom. The summed E-state index contributed by atoms with van der Waals surface area (Å²) in [7, 11) is 2.16. The maximum Gasteiger partial charge on any atom is 0.0787 e. The summed E-state index contributed by atoms with van der Waals surface area (Å²) in [5.74, 6) is 0. The zero-order chi connectivity index (χ0) is 14.5. The third kappa shape index (κ3) is 3.53. The minimum Gasteiger partial charge on any atom is -0.388 e. The van der Waals surface area contributed by atoms with Crippen molar-refractivity contribution in [3.8, 4) is 0 Å². The maximum atomic E-state index is 9.83. The second kappa shape index (κ2) is 7.09. The Labute approximate surface area is 123 Å². The predicted molar refractivity (Wildman–Crippen MR) is 85.2 cm³/mol. The van der Waals surface area contributed by atoms with Crippen LogP contribution < -0.4 is 4.90 Å². The van der Waals surface area contributed by atoms with Gasteiger partial charge in [0.05, 0.1) is 6.10 Å². The van der Waals surface area contributed by atoms with Gasteiger partial charge in [0.15, 0.2) is 0 Å². The summed E-state index contributed by atoms with van der Waals surface area (Å²) in [5, 5.41) is 9.83. The highest BCUT2D eigenvalue weighted by atomic mass is 16.3. The summed E-state index contributed by atoms with van der Waals surface area (Å²) in [4.78, 5) is 4.91. The van der Waals surface area contributed by atoms with Gasteiger partial charge >= 0.3 is 0 Å². The van der Waals surface area contributed by atoms with E-state index in [-0.39, 0.29) is 6.10 Å². The molecule has 1 aromatic carbocycles. The van der Waals surface area contributed by atoms with Gasteiger partial charge in [0.1, 0.15) is 0 Å². The van der Waals surface area contributed by atoms with E-state index in [2.05, 4.69) is 35.9 Å². The summed E-state index contributed by atoms with van der Waals surface area (Å²) in [6.07, 6.45) is 3.07. The van der Waals surface area contributed by atoms with Gasteiger partial charge in [0, 0.05) is 25.3 Å². The Bertz CT molecular complexity index is 404. The Morgan fingerprint density at radius 1 is 1.30 bits per heavy atom. The smallest absolute Gasteiger partial charge is 0.0787 e. The van der Waals surface area contributed by atoms with Gasteiger partial charge in [-0.15, -0.1) is 0 Å². The molecule has 1 fully saturated rings. The Hall–Kier alpha value is -1.06. The van der Waals surface area contributed by atoms with Gasteiger partial charge in [0.2, 0.25) is 0 Å². The minimum absolute atomic E-state index is 0.334. The van der Waals surface area contributed by atoms with Crippen molar-refractivity contribution in [3.63, 3.8) is 0 Å². The van der Waals surface area contributed by atoms with E-state index in [9.17, 15) is 5.11 Å². The van der Waals surface area contributed by atoms with Crippen molar-refractivity contribution in [1.29, 1.82) is 0 Å². The van der Waals surface area contributed by atoms with Gasteiger partial charge in [-0.2, -0.15) is 0 Å². The number of rotatable bonds is 6. The van der Waals surface area contributed by atoms with E-state index in [0.29, 0.717) is 6.04 Å². The molecule has 1 aliphatic heterocycles. The van der Waals surface area contributed by atoms with E-state index >= 15 is 0 Å². The molecule has 1 N–H and O–H groups in total. The van der Waals surface area contributed by atoms with Gasteiger partial charge in [-0.1, -0.05) is 26.0 Å². The van der Waals surface area contributed by atoms with Crippen molar-refractivity contribution in [2.24, 2.45) is 0 Å². The number of nitrogens with zero attached hydrogens (tertiary/aromatic N) is 2. The number of hydrogen-bond acceptors (Lipinski definition) is 3. The lowest BCUT2D eigenvalue weighted by atomic mass is 10.1. The molecular weight excluding hydrogens is 248 g/mol. The lowest BCUT2D eigenvalue weighted by molar-refractivity contribution is 0.173. The summed E-state index contributed by atoms with van der Waals surface area (Å²) < 4.78 is 0. The quantitative estimate of drug-likeness (QED) is 0.865. The normalized spacial score (nSPS) is 21.1. The first-order chi connectivity index (χ1) is 9.65. The van der Waals surface area contributed by atoms with E-state index in [1.807, 2.05) is 19.1 Å². The topological polar surface area (TPSA) is 26.7 Å². The van der Waals surface area contributed by atoms with E-state index < -0.39 is 0 Å². The third-order valence-electron chi connectivity index (χ3n) is 4.50. The van der Waals surface area contributed by atoms with Crippen molar-refractivity contribution in [3.05, 3.63) is 29.8 Å². The largest absolute Gasteiger partial charge is 0.388 e. The molecule has 20 heavy (non-hydrogen) atoms. The Balaban J connectivity index is 1.97. The fourth-order valence-electron chi connectivity index (χ4n) is 3.13. The molecule has 0 bridgehead atoms. The Morgan fingerprint density at radius 3 is 2.60 bits per heavy atom. The molecule has 1 aromatic rings. The molecule has 1 unspecified atom stereocenters. The van der Waals surface area contributed by atoms with Gasteiger partial charge in [-0.25, -0.2) is 0 Å². The fraction of sp³-hybridized carbons (Fsp3) is 0.647.